The van der Waals surface area contributed by atoms with Crippen LogP contribution >= 0.6 is 0 Å². The molecule has 0 amide bonds. The van der Waals surface area contributed by atoms with E-state index >= 15 is 0 Å². The quantitative estimate of drug-likeness (QED) is 0.271. The van der Waals surface area contributed by atoms with Crippen molar-refractivity contribution in [3.05, 3.63) is 108 Å². The average molecular weight is 501 g/mol. The molecule has 0 aliphatic carbocycles. The molecule has 0 bridgehead atoms. The first kappa shape index (κ1) is 24.5. The van der Waals surface area contributed by atoms with Gasteiger partial charge in [0.2, 0.25) is 0 Å². The molecule has 2 heterocycles. The third-order valence-electron chi connectivity index (χ3n) is 5.81. The predicted octanol–water partition coefficient (Wildman–Crippen LogP) is 6.13. The number of para-hydroxylation sites is 2. The molecule has 0 saturated heterocycles. The maximum absolute atomic E-state index is 10.9. The van der Waals surface area contributed by atoms with Crippen molar-refractivity contribution in [1.82, 2.24) is 19.9 Å². The Labute approximate surface area is 219 Å². The number of aryl methyl sites for hydroxylation is 2. The Morgan fingerprint density at radius 3 is 1.47 bits per heavy atom. The Bertz CT molecular complexity index is 1530. The number of benzene rings is 3. The largest absolute Gasteiger partial charge is 0.507 e. The van der Waals surface area contributed by atoms with Gasteiger partial charge in [-0.2, -0.15) is 0 Å². The van der Waals surface area contributed by atoms with Crippen molar-refractivity contribution in [2.45, 2.75) is 13.8 Å². The number of aromatic nitrogens is 4. The van der Waals surface area contributed by atoms with Crippen LogP contribution in [0.5, 0.6) is 11.5 Å². The molecule has 0 aliphatic rings. The minimum atomic E-state index is 0.0713. The smallest absolute Gasteiger partial charge is 0.133 e. The number of phenols is 2. The van der Waals surface area contributed by atoms with Gasteiger partial charge in [-0.1, -0.05) is 12.1 Å². The fourth-order valence-corrected chi connectivity index (χ4v) is 4.04. The summed E-state index contributed by atoms with van der Waals surface area (Å²) in [4.78, 5) is 26.0. The molecular formula is C30H24N6O2. The van der Waals surface area contributed by atoms with E-state index in [0.717, 1.165) is 11.1 Å². The fraction of sp³-hybridized carbons (Fsp3) is 0.0667. The Balaban J connectivity index is 1.48. The van der Waals surface area contributed by atoms with E-state index in [1.165, 1.54) is 0 Å². The van der Waals surface area contributed by atoms with Crippen molar-refractivity contribution >= 4 is 23.8 Å². The SMILES string of the molecule is Cc1cc(C=Nc2ccccc2N=Cc2cc(C)cc(-c3cnccn3)c2O)c(O)c(-c2cnccn2)c1. The van der Waals surface area contributed by atoms with Gasteiger partial charge in [-0.15, -0.1) is 0 Å². The van der Waals surface area contributed by atoms with Crippen LogP contribution < -0.4 is 0 Å². The van der Waals surface area contributed by atoms with Crippen LogP contribution in [0, 0.1) is 13.8 Å². The Morgan fingerprint density at radius 1 is 0.632 bits per heavy atom. The minimum absolute atomic E-state index is 0.0713. The van der Waals surface area contributed by atoms with Crippen molar-refractivity contribution in [2.75, 3.05) is 0 Å². The van der Waals surface area contributed by atoms with Gasteiger partial charge in [-0.25, -0.2) is 0 Å². The molecule has 0 aliphatic heterocycles. The molecule has 0 radical (unpaired) electrons. The first-order chi connectivity index (χ1) is 18.5. The number of hydrogen-bond donors (Lipinski definition) is 2. The summed E-state index contributed by atoms with van der Waals surface area (Å²) in [6.07, 6.45) is 12.8. The van der Waals surface area contributed by atoms with Crippen LogP contribution in [0.4, 0.5) is 11.4 Å². The molecule has 0 spiro atoms. The summed E-state index contributed by atoms with van der Waals surface area (Å²) in [5, 5.41) is 21.8. The van der Waals surface area contributed by atoms with Gasteiger partial charge in [0.15, 0.2) is 0 Å². The molecule has 2 aromatic heterocycles. The van der Waals surface area contributed by atoms with E-state index in [2.05, 4.69) is 29.9 Å². The van der Waals surface area contributed by atoms with Crippen molar-refractivity contribution in [3.63, 3.8) is 0 Å². The predicted molar refractivity (Wildman–Crippen MR) is 149 cm³/mol. The summed E-state index contributed by atoms with van der Waals surface area (Å²) in [7, 11) is 0. The maximum atomic E-state index is 10.9. The van der Waals surface area contributed by atoms with Crippen LogP contribution in [0.25, 0.3) is 22.5 Å². The van der Waals surface area contributed by atoms with E-state index in [0.29, 0.717) is 45.0 Å². The van der Waals surface area contributed by atoms with Crippen LogP contribution in [-0.2, 0) is 0 Å². The normalized spacial score (nSPS) is 11.4. The Morgan fingerprint density at radius 2 is 1.08 bits per heavy atom. The molecule has 0 unspecified atom stereocenters. The van der Waals surface area contributed by atoms with Gasteiger partial charge < -0.3 is 10.2 Å². The topological polar surface area (TPSA) is 117 Å². The second-order valence-electron chi connectivity index (χ2n) is 8.69. The highest BCUT2D eigenvalue weighted by Crippen LogP contribution is 2.34. The van der Waals surface area contributed by atoms with Gasteiger partial charge in [0, 0.05) is 59.5 Å². The molecule has 8 heteroatoms. The highest BCUT2D eigenvalue weighted by Gasteiger charge is 2.12. The van der Waals surface area contributed by atoms with Crippen molar-refractivity contribution in [3.8, 4) is 34.0 Å². The van der Waals surface area contributed by atoms with Crippen molar-refractivity contribution < 1.29 is 10.2 Å². The summed E-state index contributed by atoms with van der Waals surface area (Å²) < 4.78 is 0. The lowest BCUT2D eigenvalue weighted by Crippen LogP contribution is -1.92. The summed E-state index contributed by atoms with van der Waals surface area (Å²) >= 11 is 0. The molecule has 5 rings (SSSR count). The molecule has 0 fully saturated rings. The van der Waals surface area contributed by atoms with E-state index < -0.39 is 0 Å². The molecule has 2 N–H and O–H groups in total. The average Bonchev–Trinajstić information content (AvgIpc) is 2.95. The van der Waals surface area contributed by atoms with Crippen LogP contribution in [0.1, 0.15) is 22.3 Å². The monoisotopic (exact) mass is 500 g/mol. The lowest BCUT2D eigenvalue weighted by molar-refractivity contribution is 0.475. The zero-order valence-electron chi connectivity index (χ0n) is 20.8. The van der Waals surface area contributed by atoms with Gasteiger partial charge in [0.05, 0.1) is 35.2 Å². The van der Waals surface area contributed by atoms with Crippen molar-refractivity contribution in [1.29, 1.82) is 0 Å². The third-order valence-corrected chi connectivity index (χ3v) is 5.81. The second kappa shape index (κ2) is 10.8. The lowest BCUT2D eigenvalue weighted by atomic mass is 10.0. The molecule has 0 atom stereocenters. The number of rotatable bonds is 6. The first-order valence-electron chi connectivity index (χ1n) is 11.9. The molecule has 3 aromatic carbocycles. The molecule has 0 saturated carbocycles. The fourth-order valence-electron chi connectivity index (χ4n) is 4.04. The molecule has 8 nitrogen and oxygen atoms in total. The molecular weight excluding hydrogens is 476 g/mol. The van der Waals surface area contributed by atoms with Gasteiger partial charge in [0.1, 0.15) is 11.5 Å². The second-order valence-corrected chi connectivity index (χ2v) is 8.69. The van der Waals surface area contributed by atoms with Crippen LogP contribution in [0.15, 0.2) is 95.7 Å². The molecule has 5 aromatic rings. The van der Waals surface area contributed by atoms with E-state index in [1.54, 1.807) is 49.6 Å². The van der Waals surface area contributed by atoms with Gasteiger partial charge in [0.25, 0.3) is 0 Å². The Kier molecular flexibility index (Phi) is 6.95. The summed E-state index contributed by atoms with van der Waals surface area (Å²) in [6.45, 7) is 3.89. The van der Waals surface area contributed by atoms with Crippen molar-refractivity contribution in [2.24, 2.45) is 9.98 Å². The minimum Gasteiger partial charge on any atom is -0.507 e. The maximum Gasteiger partial charge on any atom is 0.133 e. The third kappa shape index (κ3) is 5.29. The van der Waals surface area contributed by atoms with E-state index in [4.69, 9.17) is 0 Å². The summed E-state index contributed by atoms with van der Waals surface area (Å²) in [5.74, 6) is 0.143. The van der Waals surface area contributed by atoms with E-state index in [1.807, 2.05) is 62.4 Å². The highest BCUT2D eigenvalue weighted by molar-refractivity contribution is 5.93. The zero-order chi connectivity index (χ0) is 26.5. The number of phenolic OH excluding ortho intramolecular Hbond substituents is 2. The Hall–Kier alpha value is -5.24. The van der Waals surface area contributed by atoms with Crippen LogP contribution in [0.3, 0.4) is 0 Å². The number of nitrogens with zero attached hydrogens (tertiary/aromatic N) is 6. The summed E-state index contributed by atoms with van der Waals surface area (Å²) in [5.41, 5.74) is 6.52. The van der Waals surface area contributed by atoms with Crippen LogP contribution in [-0.4, -0.2) is 42.6 Å². The summed E-state index contributed by atoms with van der Waals surface area (Å²) in [6, 6.07) is 14.8. The zero-order valence-corrected chi connectivity index (χ0v) is 20.8. The van der Waals surface area contributed by atoms with Gasteiger partial charge in [-0.3, -0.25) is 29.9 Å². The number of aromatic hydroxyl groups is 2. The molecule has 38 heavy (non-hydrogen) atoms. The first-order valence-corrected chi connectivity index (χ1v) is 11.9. The number of aliphatic imine (C=N–C) groups is 2. The van der Waals surface area contributed by atoms with Gasteiger partial charge in [-0.05, 0) is 61.4 Å². The number of hydrogen-bond acceptors (Lipinski definition) is 8. The standard InChI is InChI=1S/C30H24N6O2/c1-19-11-21(29(37)23(13-19)27-17-31-7-9-33-27)15-35-25-5-3-4-6-26(25)36-16-22-12-20(2)14-24(30(22)38)28-18-32-8-10-34-28/h3-18,37-38H,1-2H3. The molecule has 186 valence electrons. The van der Waals surface area contributed by atoms with Gasteiger partial charge >= 0.3 is 0 Å². The van der Waals surface area contributed by atoms with E-state index in [9.17, 15) is 10.2 Å². The highest BCUT2D eigenvalue weighted by atomic mass is 16.3. The lowest BCUT2D eigenvalue weighted by Gasteiger charge is -2.09. The van der Waals surface area contributed by atoms with Crippen LogP contribution in [0.2, 0.25) is 0 Å². The van der Waals surface area contributed by atoms with E-state index in [-0.39, 0.29) is 11.5 Å².